The van der Waals surface area contributed by atoms with Crippen LogP contribution in [0.1, 0.15) is 28.1 Å². The van der Waals surface area contributed by atoms with Gasteiger partial charge in [0.25, 0.3) is 0 Å². The fraction of sp³-hybridized carbons (Fsp3) is 0.143. The van der Waals surface area contributed by atoms with E-state index in [0.29, 0.717) is 0 Å². The van der Waals surface area contributed by atoms with Crippen LogP contribution in [0.3, 0.4) is 0 Å². The number of aromatic nitrogens is 2. The smallest absolute Gasteiger partial charge is 0.303 e. The fourth-order valence-corrected chi connectivity index (χ4v) is 2.97. The Morgan fingerprint density at radius 2 is 1.89 bits per heavy atom. The monoisotopic (exact) mass is 367 g/mol. The topological polar surface area (TPSA) is 41.6 Å². The molecular weight excluding hydrogens is 351 g/mol. The first-order valence-electron chi connectivity index (χ1n) is 8.21. The molecule has 0 saturated heterocycles. The van der Waals surface area contributed by atoms with Crippen molar-refractivity contribution in [3.8, 4) is 11.9 Å². The minimum atomic E-state index is -4.45. The molecule has 0 N–H and O–H groups in total. The van der Waals surface area contributed by atoms with E-state index < -0.39 is 11.7 Å². The highest BCUT2D eigenvalue weighted by Crippen LogP contribution is 2.32. The predicted octanol–water partition coefficient (Wildman–Crippen LogP) is 5.57. The molecular formula is C21H16F3N3. The quantitative estimate of drug-likeness (QED) is 0.568. The molecule has 0 atom stereocenters. The molecule has 0 fully saturated rings. The van der Waals surface area contributed by atoms with Gasteiger partial charge in [-0.15, -0.1) is 0 Å². The van der Waals surface area contributed by atoms with Crippen LogP contribution in [0.25, 0.3) is 17.5 Å². The number of pyridine rings is 1. The van der Waals surface area contributed by atoms with Gasteiger partial charge in [-0.05, 0) is 61.4 Å². The van der Waals surface area contributed by atoms with Gasteiger partial charge in [-0.2, -0.15) is 18.4 Å². The van der Waals surface area contributed by atoms with Crippen LogP contribution in [0.15, 0.2) is 54.7 Å². The lowest BCUT2D eigenvalue weighted by molar-refractivity contribution is -0.137. The second-order valence-electron chi connectivity index (χ2n) is 6.10. The van der Waals surface area contributed by atoms with Gasteiger partial charge in [0, 0.05) is 17.6 Å². The predicted molar refractivity (Wildman–Crippen MR) is 98.0 cm³/mol. The van der Waals surface area contributed by atoms with Crippen LogP contribution in [0.5, 0.6) is 0 Å². The Bertz CT molecular complexity index is 1040. The van der Waals surface area contributed by atoms with Gasteiger partial charge in [0.15, 0.2) is 0 Å². The molecule has 0 aliphatic heterocycles. The molecule has 0 amide bonds. The standard InChI is InChI=1S/C21H16F3N3/c1-14-10-17(15(2)27(14)20-8-3-4-9-26-20)11-18(13-25)16-6-5-7-19(12-16)21(22,23)24/h3-12H,1-2H3/b18-11-. The highest BCUT2D eigenvalue weighted by Gasteiger charge is 2.30. The molecule has 3 nitrogen and oxygen atoms in total. The van der Waals surface area contributed by atoms with Gasteiger partial charge in [0.05, 0.1) is 17.2 Å². The number of allylic oxidation sites excluding steroid dienone is 1. The fourth-order valence-electron chi connectivity index (χ4n) is 2.97. The van der Waals surface area contributed by atoms with Crippen LogP contribution in [-0.2, 0) is 6.18 Å². The van der Waals surface area contributed by atoms with Gasteiger partial charge in [0.1, 0.15) is 5.82 Å². The second-order valence-corrected chi connectivity index (χ2v) is 6.10. The Balaban J connectivity index is 2.07. The van der Waals surface area contributed by atoms with E-state index in [2.05, 4.69) is 4.98 Å². The van der Waals surface area contributed by atoms with Gasteiger partial charge in [-0.1, -0.05) is 18.2 Å². The van der Waals surface area contributed by atoms with E-state index in [1.807, 2.05) is 48.7 Å². The molecule has 6 heteroatoms. The van der Waals surface area contributed by atoms with Gasteiger partial charge < -0.3 is 4.57 Å². The maximum absolute atomic E-state index is 13.0. The molecule has 2 aromatic heterocycles. The van der Waals surface area contributed by atoms with E-state index in [9.17, 15) is 18.4 Å². The van der Waals surface area contributed by atoms with Crippen molar-refractivity contribution in [3.05, 3.63) is 82.8 Å². The van der Waals surface area contributed by atoms with Gasteiger partial charge in [0.2, 0.25) is 0 Å². The summed E-state index contributed by atoms with van der Waals surface area (Å²) < 4.78 is 40.8. The Morgan fingerprint density at radius 1 is 1.11 bits per heavy atom. The van der Waals surface area contributed by atoms with E-state index in [1.54, 1.807) is 12.3 Å². The molecule has 0 saturated carbocycles. The zero-order valence-corrected chi connectivity index (χ0v) is 14.7. The first-order chi connectivity index (χ1) is 12.8. The summed E-state index contributed by atoms with van der Waals surface area (Å²) in [6, 6.07) is 14.2. The van der Waals surface area contributed by atoms with Crippen LogP contribution in [-0.4, -0.2) is 9.55 Å². The Hall–Kier alpha value is -3.33. The number of alkyl halides is 3. The summed E-state index contributed by atoms with van der Waals surface area (Å²) in [6.45, 7) is 3.80. The molecule has 0 aliphatic carbocycles. The van der Waals surface area contributed by atoms with Gasteiger partial charge >= 0.3 is 6.18 Å². The second kappa shape index (κ2) is 7.12. The van der Waals surface area contributed by atoms with Crippen LogP contribution in [0, 0.1) is 25.2 Å². The maximum atomic E-state index is 13.0. The summed E-state index contributed by atoms with van der Waals surface area (Å²) in [5, 5.41) is 9.50. The number of rotatable bonds is 3. The number of benzene rings is 1. The third-order valence-electron chi connectivity index (χ3n) is 4.27. The lowest BCUT2D eigenvalue weighted by Crippen LogP contribution is -2.05. The highest BCUT2D eigenvalue weighted by atomic mass is 19.4. The number of aryl methyl sites for hydroxylation is 1. The number of hydrogen-bond donors (Lipinski definition) is 0. The molecule has 0 bridgehead atoms. The van der Waals surface area contributed by atoms with E-state index in [1.165, 1.54) is 12.1 Å². The normalized spacial score (nSPS) is 12.1. The minimum absolute atomic E-state index is 0.169. The summed E-state index contributed by atoms with van der Waals surface area (Å²) in [4.78, 5) is 4.33. The van der Waals surface area contributed by atoms with E-state index in [0.717, 1.165) is 34.9 Å². The Morgan fingerprint density at radius 3 is 2.52 bits per heavy atom. The highest BCUT2D eigenvalue weighted by molar-refractivity contribution is 5.90. The zero-order chi connectivity index (χ0) is 19.6. The molecule has 0 unspecified atom stereocenters. The minimum Gasteiger partial charge on any atom is -0.303 e. The van der Waals surface area contributed by atoms with Crippen LogP contribution >= 0.6 is 0 Å². The molecule has 2 heterocycles. The third kappa shape index (κ3) is 3.77. The summed E-state index contributed by atoms with van der Waals surface area (Å²) in [5.41, 5.74) is 2.15. The molecule has 136 valence electrons. The molecule has 0 radical (unpaired) electrons. The van der Waals surface area contributed by atoms with Crippen LogP contribution in [0.2, 0.25) is 0 Å². The Labute approximate surface area is 155 Å². The molecule has 3 rings (SSSR count). The summed E-state index contributed by atoms with van der Waals surface area (Å²) in [6.07, 6.45) is -1.16. The first kappa shape index (κ1) is 18.5. The lowest BCUT2D eigenvalue weighted by atomic mass is 10.0. The number of nitriles is 1. The van der Waals surface area contributed by atoms with Crippen molar-refractivity contribution in [1.29, 1.82) is 5.26 Å². The maximum Gasteiger partial charge on any atom is 0.416 e. The zero-order valence-electron chi connectivity index (χ0n) is 14.7. The summed E-state index contributed by atoms with van der Waals surface area (Å²) in [5.74, 6) is 0.740. The van der Waals surface area contributed by atoms with Gasteiger partial charge in [-0.25, -0.2) is 4.98 Å². The largest absolute Gasteiger partial charge is 0.416 e. The molecule has 27 heavy (non-hydrogen) atoms. The van der Waals surface area contributed by atoms with E-state index in [4.69, 9.17) is 0 Å². The molecule has 0 aliphatic rings. The van der Waals surface area contributed by atoms with E-state index in [-0.39, 0.29) is 11.1 Å². The Kier molecular flexibility index (Phi) is 4.87. The van der Waals surface area contributed by atoms with Crippen molar-refractivity contribution in [2.24, 2.45) is 0 Å². The first-order valence-corrected chi connectivity index (χ1v) is 8.21. The summed E-state index contributed by atoms with van der Waals surface area (Å²) in [7, 11) is 0. The number of hydrogen-bond acceptors (Lipinski definition) is 2. The SMILES string of the molecule is Cc1cc(/C=C(/C#N)c2cccc(C(F)(F)F)c2)c(C)n1-c1ccccn1. The van der Waals surface area contributed by atoms with Gasteiger partial charge in [-0.3, -0.25) is 0 Å². The molecule has 1 aromatic carbocycles. The van der Waals surface area contributed by atoms with Crippen molar-refractivity contribution in [3.63, 3.8) is 0 Å². The number of nitrogens with zero attached hydrogens (tertiary/aromatic N) is 3. The third-order valence-corrected chi connectivity index (χ3v) is 4.27. The number of halogens is 3. The van der Waals surface area contributed by atoms with Crippen molar-refractivity contribution < 1.29 is 13.2 Å². The average Bonchev–Trinajstić information content (AvgIpc) is 2.93. The summed E-state index contributed by atoms with van der Waals surface area (Å²) >= 11 is 0. The van der Waals surface area contributed by atoms with Crippen LogP contribution in [0.4, 0.5) is 13.2 Å². The molecule has 0 spiro atoms. The average molecular weight is 367 g/mol. The van der Waals surface area contributed by atoms with E-state index >= 15 is 0 Å². The van der Waals surface area contributed by atoms with Crippen molar-refractivity contribution in [1.82, 2.24) is 9.55 Å². The van der Waals surface area contributed by atoms with Crippen molar-refractivity contribution >= 4 is 11.6 Å². The van der Waals surface area contributed by atoms with Crippen molar-refractivity contribution in [2.75, 3.05) is 0 Å². The lowest BCUT2D eigenvalue weighted by Gasteiger charge is -2.09. The van der Waals surface area contributed by atoms with Crippen molar-refractivity contribution in [2.45, 2.75) is 20.0 Å². The van der Waals surface area contributed by atoms with Crippen LogP contribution < -0.4 is 0 Å². The molecule has 3 aromatic rings.